The van der Waals surface area contributed by atoms with Crippen molar-refractivity contribution in [2.75, 3.05) is 13.1 Å². The van der Waals surface area contributed by atoms with E-state index in [1.54, 1.807) is 31.2 Å². The average Bonchev–Trinajstić information content (AvgIpc) is 2.55. The maximum absolute atomic E-state index is 11.8. The number of carboxylic acids is 1. The lowest BCUT2D eigenvalue weighted by atomic mass is 9.78. The number of rotatable bonds is 9. The number of benzene rings is 1. The van der Waals surface area contributed by atoms with Crippen LogP contribution in [0.5, 0.6) is 0 Å². The van der Waals surface area contributed by atoms with Gasteiger partial charge in [-0.3, -0.25) is 14.4 Å². The third-order valence-electron chi connectivity index (χ3n) is 3.85. The van der Waals surface area contributed by atoms with Crippen molar-refractivity contribution in [1.29, 1.82) is 0 Å². The molecule has 1 atom stereocenters. The fourth-order valence-electron chi connectivity index (χ4n) is 2.34. The number of aliphatic carboxylic acids is 1. The zero-order valence-corrected chi connectivity index (χ0v) is 13.6. The van der Waals surface area contributed by atoms with Gasteiger partial charge >= 0.3 is 5.97 Å². The number of carboxylic acid groups (broad SMARTS) is 1. The summed E-state index contributed by atoms with van der Waals surface area (Å²) >= 11 is 0. The van der Waals surface area contributed by atoms with E-state index in [-0.39, 0.29) is 19.0 Å². The van der Waals surface area contributed by atoms with Crippen LogP contribution in [0.4, 0.5) is 0 Å². The first-order valence-corrected chi connectivity index (χ1v) is 7.78. The van der Waals surface area contributed by atoms with E-state index in [2.05, 4.69) is 10.6 Å². The first-order valence-electron chi connectivity index (χ1n) is 7.78. The molecular weight excluding hydrogens is 296 g/mol. The van der Waals surface area contributed by atoms with Gasteiger partial charge in [0.15, 0.2) is 0 Å². The van der Waals surface area contributed by atoms with Gasteiger partial charge in [-0.1, -0.05) is 44.2 Å². The summed E-state index contributed by atoms with van der Waals surface area (Å²) in [6.07, 6.45) is 1.42. The summed E-state index contributed by atoms with van der Waals surface area (Å²) in [7, 11) is 0. The second kappa shape index (κ2) is 8.92. The Morgan fingerprint density at radius 3 is 2.22 bits per heavy atom. The fourth-order valence-corrected chi connectivity index (χ4v) is 2.34. The molecule has 1 unspecified atom stereocenters. The summed E-state index contributed by atoms with van der Waals surface area (Å²) in [6.45, 7) is 3.48. The molecule has 0 aliphatic heterocycles. The molecule has 6 heteroatoms. The lowest BCUT2D eigenvalue weighted by Crippen LogP contribution is -2.48. The van der Waals surface area contributed by atoms with Gasteiger partial charge in [0, 0.05) is 13.0 Å². The lowest BCUT2D eigenvalue weighted by Gasteiger charge is -2.29. The Hall–Kier alpha value is -2.37. The zero-order chi connectivity index (χ0) is 17.3. The van der Waals surface area contributed by atoms with Gasteiger partial charge in [0.25, 0.3) is 0 Å². The predicted molar refractivity (Wildman–Crippen MR) is 87.0 cm³/mol. The molecule has 0 saturated heterocycles. The Morgan fingerprint density at radius 2 is 1.70 bits per heavy atom. The summed E-state index contributed by atoms with van der Waals surface area (Å²) in [4.78, 5) is 35.0. The molecule has 0 aliphatic carbocycles. The molecule has 23 heavy (non-hydrogen) atoms. The van der Waals surface area contributed by atoms with Gasteiger partial charge in [0.2, 0.25) is 11.8 Å². The molecular formula is C17H24N2O4. The smallest absolute Gasteiger partial charge is 0.315 e. The van der Waals surface area contributed by atoms with Crippen molar-refractivity contribution in [2.45, 2.75) is 38.5 Å². The highest BCUT2D eigenvalue weighted by molar-refractivity contribution is 5.86. The summed E-state index contributed by atoms with van der Waals surface area (Å²) in [6, 6.07) is 8.85. The minimum absolute atomic E-state index is 0.0225. The topological polar surface area (TPSA) is 95.5 Å². The number of hydrogen-bond acceptors (Lipinski definition) is 3. The Morgan fingerprint density at radius 1 is 1.04 bits per heavy atom. The van der Waals surface area contributed by atoms with E-state index >= 15 is 0 Å². The maximum atomic E-state index is 11.8. The van der Waals surface area contributed by atoms with Crippen LogP contribution in [-0.2, 0) is 19.8 Å². The number of amides is 2. The predicted octanol–water partition coefficient (Wildman–Crippen LogP) is 1.45. The molecule has 1 aromatic carbocycles. The zero-order valence-electron chi connectivity index (χ0n) is 13.6. The molecule has 0 aromatic heterocycles. The van der Waals surface area contributed by atoms with Gasteiger partial charge in [-0.05, 0) is 18.4 Å². The molecule has 0 aliphatic rings. The molecule has 0 radical (unpaired) electrons. The molecule has 0 spiro atoms. The van der Waals surface area contributed by atoms with Crippen LogP contribution in [0.1, 0.15) is 38.7 Å². The molecule has 0 saturated carbocycles. The van der Waals surface area contributed by atoms with Crippen LogP contribution in [0, 0.1) is 0 Å². The van der Waals surface area contributed by atoms with Crippen LogP contribution >= 0.6 is 0 Å². The van der Waals surface area contributed by atoms with Gasteiger partial charge in [0.05, 0.1) is 6.54 Å². The Bertz CT molecular complexity index is 545. The van der Waals surface area contributed by atoms with Crippen LogP contribution in [0.3, 0.4) is 0 Å². The molecule has 126 valence electrons. The number of carbonyl (C=O) groups excluding carboxylic acids is 2. The molecule has 0 heterocycles. The van der Waals surface area contributed by atoms with Gasteiger partial charge in [-0.25, -0.2) is 0 Å². The molecule has 0 fully saturated rings. The highest BCUT2D eigenvalue weighted by Gasteiger charge is 2.38. The number of nitrogens with one attached hydrogen (secondary N) is 2. The number of carbonyl (C=O) groups is 3. The van der Waals surface area contributed by atoms with Crippen molar-refractivity contribution < 1.29 is 19.5 Å². The summed E-state index contributed by atoms with van der Waals surface area (Å²) in [5.74, 6) is -1.57. The van der Waals surface area contributed by atoms with E-state index < -0.39 is 17.3 Å². The van der Waals surface area contributed by atoms with Crippen molar-refractivity contribution in [1.82, 2.24) is 10.6 Å². The molecule has 0 bridgehead atoms. The molecule has 1 aromatic rings. The fraction of sp³-hybridized carbons (Fsp3) is 0.471. The van der Waals surface area contributed by atoms with Crippen molar-refractivity contribution in [3.63, 3.8) is 0 Å². The summed E-state index contributed by atoms with van der Waals surface area (Å²) in [5.41, 5.74) is -0.532. The van der Waals surface area contributed by atoms with Crippen molar-refractivity contribution in [3.05, 3.63) is 35.9 Å². The largest absolute Gasteiger partial charge is 0.481 e. The third kappa shape index (κ3) is 5.09. The van der Waals surface area contributed by atoms with Crippen molar-refractivity contribution in [3.8, 4) is 0 Å². The van der Waals surface area contributed by atoms with E-state index in [1.807, 2.05) is 13.0 Å². The van der Waals surface area contributed by atoms with Crippen LogP contribution in [0.2, 0.25) is 0 Å². The van der Waals surface area contributed by atoms with E-state index in [9.17, 15) is 19.5 Å². The normalized spacial score (nSPS) is 13.0. The van der Waals surface area contributed by atoms with Crippen molar-refractivity contribution in [2.24, 2.45) is 0 Å². The standard InChI is InChI=1S/C17H24N2O4/c1-3-8-14(20)18-11-15(21)19-12-17(4-2,16(22)23)13-9-6-5-7-10-13/h5-7,9-10H,3-4,8,11-12H2,1-2H3,(H,18,20)(H,19,21)(H,22,23). The second-order valence-electron chi connectivity index (χ2n) is 5.41. The Kier molecular flexibility index (Phi) is 7.25. The van der Waals surface area contributed by atoms with E-state index in [0.29, 0.717) is 24.8 Å². The molecule has 2 amide bonds. The van der Waals surface area contributed by atoms with Crippen molar-refractivity contribution >= 4 is 17.8 Å². The van der Waals surface area contributed by atoms with Gasteiger partial charge < -0.3 is 15.7 Å². The van der Waals surface area contributed by atoms with Gasteiger partial charge in [-0.15, -0.1) is 0 Å². The Labute approximate surface area is 136 Å². The SMILES string of the molecule is CCCC(=O)NCC(=O)NCC(CC)(C(=O)O)c1ccccc1. The Balaban J connectivity index is 2.71. The number of hydrogen-bond donors (Lipinski definition) is 3. The minimum Gasteiger partial charge on any atom is -0.481 e. The van der Waals surface area contributed by atoms with Gasteiger partial charge in [0.1, 0.15) is 5.41 Å². The first-order chi connectivity index (χ1) is 11.0. The van der Waals surface area contributed by atoms with E-state index in [0.717, 1.165) is 0 Å². The lowest BCUT2D eigenvalue weighted by molar-refractivity contribution is -0.144. The maximum Gasteiger partial charge on any atom is 0.315 e. The molecule has 1 rings (SSSR count). The van der Waals surface area contributed by atoms with E-state index in [1.165, 1.54) is 0 Å². The third-order valence-corrected chi connectivity index (χ3v) is 3.85. The summed E-state index contributed by atoms with van der Waals surface area (Å²) in [5, 5.41) is 14.8. The van der Waals surface area contributed by atoms with Crippen LogP contribution in [-0.4, -0.2) is 36.0 Å². The first kappa shape index (κ1) is 18.7. The monoisotopic (exact) mass is 320 g/mol. The van der Waals surface area contributed by atoms with Crippen LogP contribution in [0.15, 0.2) is 30.3 Å². The quantitative estimate of drug-likeness (QED) is 0.642. The summed E-state index contributed by atoms with van der Waals surface area (Å²) < 4.78 is 0. The molecule has 3 N–H and O–H groups in total. The average molecular weight is 320 g/mol. The highest BCUT2D eigenvalue weighted by atomic mass is 16.4. The molecule has 6 nitrogen and oxygen atoms in total. The minimum atomic E-state index is -1.18. The van der Waals surface area contributed by atoms with Crippen LogP contribution in [0.25, 0.3) is 0 Å². The van der Waals surface area contributed by atoms with Gasteiger partial charge in [-0.2, -0.15) is 0 Å². The van der Waals surface area contributed by atoms with Crippen LogP contribution < -0.4 is 10.6 Å². The van der Waals surface area contributed by atoms with E-state index in [4.69, 9.17) is 0 Å². The highest BCUT2D eigenvalue weighted by Crippen LogP contribution is 2.27. The second-order valence-corrected chi connectivity index (χ2v) is 5.41.